The highest BCUT2D eigenvalue weighted by molar-refractivity contribution is 9.26. The predicted octanol–water partition coefficient (Wildman–Crippen LogP) is 5.35. The molecule has 0 aromatic carbocycles. The molecule has 0 nitrogen and oxygen atoms in total. The van der Waals surface area contributed by atoms with E-state index in [1.165, 1.54) is 38.5 Å². The van der Waals surface area contributed by atoms with E-state index in [9.17, 15) is 0 Å². The first-order valence-electron chi connectivity index (χ1n) is 7.83. The number of rotatable bonds is 9. The first kappa shape index (κ1) is 16.0. The van der Waals surface area contributed by atoms with Gasteiger partial charge < -0.3 is 0 Å². The molecule has 1 heterocycles. The van der Waals surface area contributed by atoms with Crippen LogP contribution in [0.5, 0.6) is 0 Å². The predicted molar refractivity (Wildman–Crippen MR) is 89.5 cm³/mol. The van der Waals surface area contributed by atoms with Gasteiger partial charge in [0.2, 0.25) is 0 Å². The Kier molecular flexibility index (Phi) is 7.04. The van der Waals surface area contributed by atoms with Crippen molar-refractivity contribution in [1.29, 1.82) is 0 Å². The van der Waals surface area contributed by atoms with Gasteiger partial charge in [-0.3, -0.25) is 0 Å². The second-order valence-corrected chi connectivity index (χ2v) is 18.7. The van der Waals surface area contributed by atoms with Crippen molar-refractivity contribution in [3.8, 4) is 0 Å². The Morgan fingerprint density at radius 2 is 1.53 bits per heavy atom. The van der Waals surface area contributed by atoms with E-state index in [0.29, 0.717) is 0 Å². The van der Waals surface area contributed by atoms with Crippen LogP contribution in [0.25, 0.3) is 0 Å². The summed E-state index contributed by atoms with van der Waals surface area (Å²) in [6.07, 6.45) is 11.8. The zero-order valence-corrected chi connectivity index (χ0v) is 16.2. The van der Waals surface area contributed by atoms with Crippen LogP contribution in [0.3, 0.4) is 0 Å². The fourth-order valence-electron chi connectivity index (χ4n) is 3.45. The Hall–Kier alpha value is 0.914. The maximum absolute atomic E-state index is 4.33. The van der Waals surface area contributed by atoms with E-state index in [1.807, 2.05) is 0 Å². The van der Waals surface area contributed by atoms with E-state index in [4.69, 9.17) is 0 Å². The quantitative estimate of drug-likeness (QED) is 0.394. The Morgan fingerprint density at radius 1 is 1.00 bits per heavy atom. The van der Waals surface area contributed by atoms with Gasteiger partial charge in [0.1, 0.15) is 6.69 Å². The minimum absolute atomic E-state index is 0.254. The van der Waals surface area contributed by atoms with Crippen molar-refractivity contribution in [1.82, 2.24) is 0 Å². The Morgan fingerprint density at radius 3 is 1.88 bits per heavy atom. The molecule has 0 bridgehead atoms. The molecule has 1 atom stereocenters. The van der Waals surface area contributed by atoms with Crippen molar-refractivity contribution in [2.75, 3.05) is 0 Å². The van der Waals surface area contributed by atoms with Gasteiger partial charge in [-0.15, -0.1) is 15.3 Å². The number of unbranched alkanes of at least 4 members (excludes halogenated alkanes) is 3. The normalized spacial score (nSPS) is 28.2. The zero-order valence-electron chi connectivity index (χ0n) is 12.2. The molecule has 0 aromatic rings. The molecule has 0 spiro atoms. The lowest BCUT2D eigenvalue weighted by Crippen LogP contribution is -2.57. The van der Waals surface area contributed by atoms with Crippen LogP contribution < -0.4 is 0 Å². The average Bonchev–Trinajstić information content (AvgIpc) is 2.35. The van der Waals surface area contributed by atoms with Gasteiger partial charge in [-0.1, -0.05) is 77.8 Å². The minimum atomic E-state index is -0.998. The first-order chi connectivity index (χ1) is 8.14. The molecule has 1 rings (SSSR count). The topological polar surface area (TPSA) is 0 Å². The second kappa shape index (κ2) is 7.49. The summed E-state index contributed by atoms with van der Waals surface area (Å²) in [5.74, 6) is 0. The molecule has 17 heavy (non-hydrogen) atoms. The fraction of sp³-hybridized carbons (Fsp3) is 1.00. The van der Waals surface area contributed by atoms with Crippen LogP contribution in [-0.2, 0) is 0 Å². The van der Waals surface area contributed by atoms with Crippen LogP contribution in [0.1, 0.15) is 72.1 Å². The maximum Gasteiger partial charge on any atom is 0.130 e. The van der Waals surface area contributed by atoms with Gasteiger partial charge in [0, 0.05) is 9.52 Å². The standard InChI is InChI=1S/C14H31BrSi2/c1-4-7-10-14(11-8-5-2)16-13-17(14,15)12-9-6-3/h4-13,16H2,1-3H3. The molecule has 1 aliphatic heterocycles. The summed E-state index contributed by atoms with van der Waals surface area (Å²) in [6.45, 7) is 6.07. The minimum Gasteiger partial charge on any atom is -0.126 e. The van der Waals surface area contributed by atoms with E-state index in [1.54, 1.807) is 24.6 Å². The molecular formula is C14H31BrSi2. The monoisotopic (exact) mass is 334 g/mol. The third-order valence-corrected chi connectivity index (χ3v) is 25.9. The van der Waals surface area contributed by atoms with E-state index < -0.39 is 6.69 Å². The molecule has 0 aromatic heterocycles. The molecule has 0 aliphatic carbocycles. The molecule has 102 valence electrons. The Balaban J connectivity index is 2.61. The summed E-state index contributed by atoms with van der Waals surface area (Å²) in [7, 11) is 0.254. The van der Waals surface area contributed by atoms with E-state index >= 15 is 0 Å². The molecule has 0 radical (unpaired) electrons. The number of halogens is 1. The summed E-state index contributed by atoms with van der Waals surface area (Å²) >= 11 is 4.33. The summed E-state index contributed by atoms with van der Waals surface area (Å²) in [5.41, 5.74) is 1.69. The van der Waals surface area contributed by atoms with Crippen molar-refractivity contribution in [3.05, 3.63) is 0 Å². The lowest BCUT2D eigenvalue weighted by Gasteiger charge is -2.56. The van der Waals surface area contributed by atoms with Gasteiger partial charge in [0.25, 0.3) is 0 Å². The van der Waals surface area contributed by atoms with E-state index in [2.05, 4.69) is 36.1 Å². The van der Waals surface area contributed by atoms with E-state index in [0.717, 1.165) is 4.66 Å². The molecule has 3 heteroatoms. The van der Waals surface area contributed by atoms with Crippen molar-refractivity contribution in [2.45, 2.75) is 88.5 Å². The SMILES string of the molecule is CCCCC1(CCCC)[SiH2]C[Si]1(Br)CCCC. The molecular weight excluding hydrogens is 304 g/mol. The summed E-state index contributed by atoms with van der Waals surface area (Å²) in [5, 5.41) is 0. The van der Waals surface area contributed by atoms with Crippen LogP contribution in [0.2, 0.25) is 16.4 Å². The van der Waals surface area contributed by atoms with Crippen LogP contribution in [0, 0.1) is 0 Å². The summed E-state index contributed by atoms with van der Waals surface area (Å²) in [4.78, 5) is 0. The van der Waals surface area contributed by atoms with Gasteiger partial charge >= 0.3 is 0 Å². The van der Waals surface area contributed by atoms with Gasteiger partial charge in [-0.25, -0.2) is 0 Å². The Labute approximate surface area is 120 Å². The molecule has 1 unspecified atom stereocenters. The summed E-state index contributed by atoms with van der Waals surface area (Å²) < 4.78 is 0.925. The molecule has 1 saturated heterocycles. The summed E-state index contributed by atoms with van der Waals surface area (Å²) in [6, 6.07) is 1.57. The highest BCUT2D eigenvalue weighted by Crippen LogP contribution is 2.61. The highest BCUT2D eigenvalue weighted by atomic mass is 79.9. The third-order valence-electron chi connectivity index (χ3n) is 4.89. The third kappa shape index (κ3) is 3.69. The van der Waals surface area contributed by atoms with Gasteiger partial charge in [-0.2, -0.15) is 0 Å². The molecule has 0 amide bonds. The van der Waals surface area contributed by atoms with Crippen LogP contribution >= 0.6 is 15.3 Å². The molecule has 0 N–H and O–H groups in total. The van der Waals surface area contributed by atoms with Crippen LogP contribution in [0.4, 0.5) is 0 Å². The largest absolute Gasteiger partial charge is 0.130 e. The zero-order chi connectivity index (χ0) is 12.8. The maximum atomic E-state index is 4.33. The average molecular weight is 335 g/mol. The lowest BCUT2D eigenvalue weighted by molar-refractivity contribution is 0.524. The smallest absolute Gasteiger partial charge is 0.126 e. The van der Waals surface area contributed by atoms with Gasteiger partial charge in [-0.05, 0) is 10.7 Å². The number of hydrogen-bond donors (Lipinski definition) is 0. The van der Waals surface area contributed by atoms with Crippen molar-refractivity contribution in [3.63, 3.8) is 0 Å². The van der Waals surface area contributed by atoms with Crippen LogP contribution in [-0.4, -0.2) is 16.2 Å². The van der Waals surface area contributed by atoms with Crippen molar-refractivity contribution < 1.29 is 0 Å². The van der Waals surface area contributed by atoms with Gasteiger partial charge in [0.05, 0.1) is 0 Å². The molecule has 1 fully saturated rings. The van der Waals surface area contributed by atoms with E-state index in [-0.39, 0.29) is 9.52 Å². The number of hydrogen-bond acceptors (Lipinski definition) is 0. The second-order valence-electron chi connectivity index (χ2n) is 6.06. The fourth-order valence-corrected chi connectivity index (χ4v) is 20.3. The lowest BCUT2D eigenvalue weighted by atomic mass is 10.1. The molecule has 0 saturated carbocycles. The van der Waals surface area contributed by atoms with Gasteiger partial charge in [0.15, 0.2) is 0 Å². The first-order valence-corrected chi connectivity index (χ1v) is 14.2. The highest BCUT2D eigenvalue weighted by Gasteiger charge is 2.57. The molecule has 1 aliphatic rings. The Bertz CT molecular complexity index is 212. The van der Waals surface area contributed by atoms with Crippen molar-refractivity contribution in [2.24, 2.45) is 0 Å². The van der Waals surface area contributed by atoms with Crippen LogP contribution in [0.15, 0.2) is 0 Å². The van der Waals surface area contributed by atoms with Crippen molar-refractivity contribution >= 4 is 31.5 Å².